The number of amides is 1. The molecule has 0 aromatic heterocycles. The number of piperidine rings is 1. The fourth-order valence-corrected chi connectivity index (χ4v) is 3.38. The molecule has 0 spiro atoms. The Balaban J connectivity index is 1.46. The topological polar surface area (TPSA) is 41.6 Å². The Labute approximate surface area is 168 Å². The van der Waals surface area contributed by atoms with Gasteiger partial charge in [0.1, 0.15) is 5.75 Å². The minimum absolute atomic E-state index is 0.0125. The van der Waals surface area contributed by atoms with E-state index in [1.807, 2.05) is 12.1 Å². The highest BCUT2D eigenvalue weighted by Crippen LogP contribution is 2.31. The first-order valence-corrected chi connectivity index (χ1v) is 9.77. The zero-order valence-electron chi connectivity index (χ0n) is 16.2. The SMILES string of the molecule is O=C(COc1cccc(C(F)(F)F)c1)NCc1cccc(CN2CCCCC2)c1. The van der Waals surface area contributed by atoms with Gasteiger partial charge in [-0.2, -0.15) is 13.2 Å². The van der Waals surface area contributed by atoms with E-state index in [-0.39, 0.29) is 18.3 Å². The Kier molecular flexibility index (Phi) is 7.14. The summed E-state index contributed by atoms with van der Waals surface area (Å²) in [6, 6.07) is 12.6. The number of nitrogens with zero attached hydrogens (tertiary/aromatic N) is 1. The third kappa shape index (κ3) is 6.78. The van der Waals surface area contributed by atoms with Crippen molar-refractivity contribution in [2.75, 3.05) is 19.7 Å². The molecule has 0 unspecified atom stereocenters. The minimum atomic E-state index is -4.44. The van der Waals surface area contributed by atoms with Gasteiger partial charge in [-0.25, -0.2) is 0 Å². The minimum Gasteiger partial charge on any atom is -0.484 e. The molecule has 2 aromatic rings. The van der Waals surface area contributed by atoms with Crippen molar-refractivity contribution in [3.05, 3.63) is 65.2 Å². The van der Waals surface area contributed by atoms with E-state index in [0.717, 1.165) is 37.3 Å². The van der Waals surface area contributed by atoms with E-state index in [4.69, 9.17) is 4.74 Å². The lowest BCUT2D eigenvalue weighted by Gasteiger charge is -2.26. The number of likely N-dealkylation sites (tertiary alicyclic amines) is 1. The standard InChI is InChI=1S/C22H25F3N2O2/c23-22(24,25)19-8-5-9-20(13-19)29-16-21(28)26-14-17-6-4-7-18(12-17)15-27-10-2-1-3-11-27/h4-9,12-13H,1-3,10-11,14-16H2,(H,26,28). The molecule has 1 heterocycles. The van der Waals surface area contributed by atoms with Crippen molar-refractivity contribution < 1.29 is 22.7 Å². The molecule has 0 atom stereocenters. The van der Waals surface area contributed by atoms with Crippen molar-refractivity contribution in [3.63, 3.8) is 0 Å². The van der Waals surface area contributed by atoms with Gasteiger partial charge >= 0.3 is 6.18 Å². The lowest BCUT2D eigenvalue weighted by Crippen LogP contribution is -2.29. The average Bonchev–Trinajstić information content (AvgIpc) is 2.71. The number of benzene rings is 2. The van der Waals surface area contributed by atoms with E-state index in [9.17, 15) is 18.0 Å². The normalized spacial score (nSPS) is 15.1. The second-order valence-corrected chi connectivity index (χ2v) is 7.25. The molecule has 7 heteroatoms. The molecule has 1 aliphatic heterocycles. The molecule has 2 aromatic carbocycles. The molecular weight excluding hydrogens is 381 g/mol. The van der Waals surface area contributed by atoms with Crippen LogP contribution in [0.3, 0.4) is 0 Å². The molecule has 1 aliphatic rings. The third-order valence-electron chi connectivity index (χ3n) is 4.87. The molecule has 0 saturated carbocycles. The van der Waals surface area contributed by atoms with Gasteiger partial charge in [-0.15, -0.1) is 0 Å². The van der Waals surface area contributed by atoms with Crippen molar-refractivity contribution >= 4 is 5.91 Å². The van der Waals surface area contributed by atoms with Crippen LogP contribution in [0, 0.1) is 0 Å². The Morgan fingerprint density at radius 1 is 1.00 bits per heavy atom. The van der Waals surface area contributed by atoms with Crippen LogP contribution in [0.5, 0.6) is 5.75 Å². The molecule has 0 radical (unpaired) electrons. The Bertz CT molecular complexity index is 818. The highest BCUT2D eigenvalue weighted by Gasteiger charge is 2.30. The summed E-state index contributed by atoms with van der Waals surface area (Å²) in [6.45, 7) is 3.15. The first-order chi connectivity index (χ1) is 13.9. The second-order valence-electron chi connectivity index (χ2n) is 7.25. The van der Waals surface area contributed by atoms with E-state index in [0.29, 0.717) is 6.54 Å². The zero-order chi connectivity index (χ0) is 20.7. The van der Waals surface area contributed by atoms with Crippen LogP contribution in [-0.4, -0.2) is 30.5 Å². The molecule has 1 N–H and O–H groups in total. The zero-order valence-corrected chi connectivity index (χ0v) is 16.2. The average molecular weight is 406 g/mol. The first-order valence-electron chi connectivity index (χ1n) is 9.77. The third-order valence-corrected chi connectivity index (χ3v) is 4.87. The van der Waals surface area contributed by atoms with Gasteiger partial charge < -0.3 is 10.1 Å². The van der Waals surface area contributed by atoms with Crippen molar-refractivity contribution in [2.45, 2.75) is 38.5 Å². The number of nitrogens with one attached hydrogen (secondary N) is 1. The van der Waals surface area contributed by atoms with Crippen LogP contribution in [0.4, 0.5) is 13.2 Å². The van der Waals surface area contributed by atoms with Gasteiger partial charge in [-0.3, -0.25) is 9.69 Å². The van der Waals surface area contributed by atoms with E-state index < -0.39 is 11.7 Å². The number of halogens is 3. The molecule has 3 rings (SSSR count). The van der Waals surface area contributed by atoms with Gasteiger partial charge in [0.2, 0.25) is 0 Å². The number of carbonyl (C=O) groups is 1. The maximum atomic E-state index is 12.7. The summed E-state index contributed by atoms with van der Waals surface area (Å²) in [5, 5.41) is 2.75. The van der Waals surface area contributed by atoms with Crippen LogP contribution in [0.25, 0.3) is 0 Å². The number of rotatable bonds is 7. The smallest absolute Gasteiger partial charge is 0.416 e. The number of hydrogen-bond donors (Lipinski definition) is 1. The van der Waals surface area contributed by atoms with E-state index in [1.54, 1.807) is 0 Å². The molecule has 1 amide bonds. The Morgan fingerprint density at radius 2 is 1.72 bits per heavy atom. The van der Waals surface area contributed by atoms with Crippen LogP contribution in [-0.2, 0) is 24.1 Å². The molecular formula is C22H25F3N2O2. The van der Waals surface area contributed by atoms with Crippen LogP contribution in [0.2, 0.25) is 0 Å². The maximum Gasteiger partial charge on any atom is 0.416 e. The van der Waals surface area contributed by atoms with E-state index in [2.05, 4.69) is 22.3 Å². The summed E-state index contributed by atoms with van der Waals surface area (Å²) in [5.41, 5.74) is 1.38. The summed E-state index contributed by atoms with van der Waals surface area (Å²) >= 11 is 0. The Morgan fingerprint density at radius 3 is 2.48 bits per heavy atom. The van der Waals surface area contributed by atoms with Gasteiger partial charge in [0.05, 0.1) is 5.56 Å². The van der Waals surface area contributed by atoms with Crippen molar-refractivity contribution in [1.82, 2.24) is 10.2 Å². The van der Waals surface area contributed by atoms with Gasteiger partial charge in [0.25, 0.3) is 5.91 Å². The van der Waals surface area contributed by atoms with Gasteiger partial charge in [-0.1, -0.05) is 36.8 Å². The molecule has 29 heavy (non-hydrogen) atoms. The van der Waals surface area contributed by atoms with Crippen LogP contribution in [0.1, 0.15) is 36.0 Å². The number of ether oxygens (including phenoxy) is 1. The Hall–Kier alpha value is -2.54. The fraction of sp³-hybridized carbons (Fsp3) is 0.409. The number of alkyl halides is 3. The molecule has 1 saturated heterocycles. The summed E-state index contributed by atoms with van der Waals surface area (Å²) in [6.07, 6.45) is -0.671. The monoisotopic (exact) mass is 406 g/mol. The largest absolute Gasteiger partial charge is 0.484 e. The van der Waals surface area contributed by atoms with Gasteiger partial charge in [-0.05, 0) is 55.3 Å². The summed E-state index contributed by atoms with van der Waals surface area (Å²) in [7, 11) is 0. The molecule has 4 nitrogen and oxygen atoms in total. The van der Waals surface area contributed by atoms with Gasteiger partial charge in [0, 0.05) is 13.1 Å². The molecule has 1 fully saturated rings. The van der Waals surface area contributed by atoms with Crippen molar-refractivity contribution in [2.24, 2.45) is 0 Å². The maximum absolute atomic E-state index is 12.7. The van der Waals surface area contributed by atoms with Crippen LogP contribution in [0.15, 0.2) is 48.5 Å². The predicted octanol–water partition coefficient (Wildman–Crippen LogP) is 4.39. The lowest BCUT2D eigenvalue weighted by atomic mass is 10.1. The molecule has 156 valence electrons. The van der Waals surface area contributed by atoms with Crippen molar-refractivity contribution in [3.8, 4) is 5.75 Å². The van der Waals surface area contributed by atoms with Gasteiger partial charge in [0.15, 0.2) is 6.61 Å². The fourth-order valence-electron chi connectivity index (χ4n) is 3.38. The number of hydrogen-bond acceptors (Lipinski definition) is 3. The molecule has 0 aliphatic carbocycles. The highest BCUT2D eigenvalue weighted by atomic mass is 19.4. The number of carbonyl (C=O) groups excluding carboxylic acids is 1. The van der Waals surface area contributed by atoms with Crippen molar-refractivity contribution in [1.29, 1.82) is 0 Å². The second kappa shape index (κ2) is 9.78. The van der Waals surface area contributed by atoms with E-state index in [1.165, 1.54) is 37.0 Å². The quantitative estimate of drug-likeness (QED) is 0.742. The summed E-state index contributed by atoms with van der Waals surface area (Å²) < 4.78 is 43.4. The highest BCUT2D eigenvalue weighted by molar-refractivity contribution is 5.77. The van der Waals surface area contributed by atoms with Crippen LogP contribution >= 0.6 is 0 Å². The lowest BCUT2D eigenvalue weighted by molar-refractivity contribution is -0.137. The predicted molar refractivity (Wildman–Crippen MR) is 104 cm³/mol. The molecule has 0 bridgehead atoms. The summed E-state index contributed by atoms with van der Waals surface area (Å²) in [4.78, 5) is 14.4. The van der Waals surface area contributed by atoms with Crippen LogP contribution < -0.4 is 10.1 Å². The van der Waals surface area contributed by atoms with E-state index >= 15 is 0 Å². The summed E-state index contributed by atoms with van der Waals surface area (Å²) in [5.74, 6) is -0.373. The first kappa shape index (κ1) is 21.2.